The molecular weight excluding hydrogens is 304 g/mol. The number of aliphatic hydroxyl groups is 1. The minimum Gasteiger partial charge on any atom is -0.491 e. The zero-order valence-corrected chi connectivity index (χ0v) is 14.0. The summed E-state index contributed by atoms with van der Waals surface area (Å²) in [7, 11) is 0. The zero-order chi connectivity index (χ0) is 17.6. The van der Waals surface area contributed by atoms with Gasteiger partial charge in [-0.15, -0.1) is 0 Å². The summed E-state index contributed by atoms with van der Waals surface area (Å²) in [4.78, 5) is 12.3. The quantitative estimate of drug-likeness (QED) is 0.722. The van der Waals surface area contributed by atoms with Gasteiger partial charge in [-0.1, -0.05) is 42.5 Å². The molecule has 2 unspecified atom stereocenters. The van der Waals surface area contributed by atoms with Gasteiger partial charge in [-0.3, -0.25) is 4.79 Å². The Kier molecular flexibility index (Phi) is 5.95. The lowest BCUT2D eigenvalue weighted by atomic mass is 9.92. The molecule has 24 heavy (non-hydrogen) atoms. The first-order valence-electron chi connectivity index (χ1n) is 7.90. The van der Waals surface area contributed by atoms with Gasteiger partial charge in [0.15, 0.2) is 0 Å². The minimum atomic E-state index is -1.15. The maximum absolute atomic E-state index is 12.3. The molecule has 0 aliphatic carbocycles. The van der Waals surface area contributed by atoms with Gasteiger partial charge in [0.1, 0.15) is 24.0 Å². The van der Waals surface area contributed by atoms with E-state index in [1.807, 2.05) is 49.4 Å². The van der Waals surface area contributed by atoms with E-state index in [0.717, 1.165) is 5.56 Å². The van der Waals surface area contributed by atoms with Crippen LogP contribution in [0.4, 0.5) is 0 Å². The van der Waals surface area contributed by atoms with E-state index in [1.165, 1.54) is 0 Å². The van der Waals surface area contributed by atoms with Crippen molar-refractivity contribution in [2.45, 2.75) is 25.5 Å². The molecule has 0 aliphatic heterocycles. The van der Waals surface area contributed by atoms with Crippen molar-refractivity contribution >= 4 is 5.91 Å². The van der Waals surface area contributed by atoms with Crippen molar-refractivity contribution in [1.29, 1.82) is 0 Å². The number of aliphatic hydroxyl groups excluding tert-OH is 1. The number of nitrogens with one attached hydrogen (secondary N) is 1. The molecule has 0 heterocycles. The maximum atomic E-state index is 12.3. The first-order chi connectivity index (χ1) is 11.4. The molecule has 0 bridgehead atoms. The van der Waals surface area contributed by atoms with Crippen LogP contribution < -0.4 is 15.8 Å². The fraction of sp³-hybridized carbons (Fsp3) is 0.316. The molecule has 5 heteroatoms. The van der Waals surface area contributed by atoms with Crippen LogP contribution in [0.1, 0.15) is 18.1 Å². The third kappa shape index (κ3) is 4.81. The highest BCUT2D eigenvalue weighted by Crippen LogP contribution is 2.17. The first-order valence-corrected chi connectivity index (χ1v) is 7.90. The monoisotopic (exact) mass is 328 g/mol. The predicted molar refractivity (Wildman–Crippen MR) is 93.7 cm³/mol. The Balaban J connectivity index is 1.82. The van der Waals surface area contributed by atoms with Gasteiger partial charge in [-0.2, -0.15) is 0 Å². The van der Waals surface area contributed by atoms with Crippen molar-refractivity contribution < 1.29 is 14.6 Å². The van der Waals surface area contributed by atoms with Gasteiger partial charge in [0.05, 0.1) is 0 Å². The molecule has 2 rings (SSSR count). The largest absolute Gasteiger partial charge is 0.491 e. The average molecular weight is 328 g/mol. The number of rotatable bonds is 7. The number of aryl methyl sites for hydroxylation is 1. The van der Waals surface area contributed by atoms with E-state index in [4.69, 9.17) is 10.5 Å². The molecular formula is C19H24N2O3. The Bertz CT molecular complexity index is 671. The third-order valence-corrected chi connectivity index (χ3v) is 3.78. The number of nitrogens with two attached hydrogens (primary N) is 1. The number of amides is 1. The number of ether oxygens (including phenoxy) is 1. The second-order valence-corrected chi connectivity index (χ2v) is 6.06. The molecule has 0 aliphatic rings. The Morgan fingerprint density at radius 2 is 1.96 bits per heavy atom. The molecule has 2 aromatic carbocycles. The van der Waals surface area contributed by atoms with Crippen molar-refractivity contribution in [3.05, 3.63) is 65.7 Å². The van der Waals surface area contributed by atoms with Gasteiger partial charge in [-0.05, 0) is 37.1 Å². The van der Waals surface area contributed by atoms with Crippen LogP contribution in [0, 0.1) is 6.92 Å². The standard InChI is InChI=1S/C19H24N2O3/c1-14-7-6-10-17(11-14)24-13-16(22)12-21-18(23)19(2,20)15-8-4-3-5-9-15/h3-11,16,22H,12-13,20H2,1-2H3,(H,21,23). The van der Waals surface area contributed by atoms with Gasteiger partial charge in [0, 0.05) is 6.54 Å². The van der Waals surface area contributed by atoms with E-state index in [2.05, 4.69) is 5.32 Å². The Labute approximate surface area is 142 Å². The lowest BCUT2D eigenvalue weighted by Gasteiger charge is -2.25. The van der Waals surface area contributed by atoms with E-state index in [-0.39, 0.29) is 19.1 Å². The molecule has 0 saturated carbocycles. The molecule has 5 nitrogen and oxygen atoms in total. The van der Waals surface area contributed by atoms with Crippen LogP contribution in [-0.2, 0) is 10.3 Å². The van der Waals surface area contributed by atoms with E-state index in [1.54, 1.807) is 19.1 Å². The molecule has 0 radical (unpaired) electrons. The van der Waals surface area contributed by atoms with Gasteiger partial charge in [0.25, 0.3) is 0 Å². The second-order valence-electron chi connectivity index (χ2n) is 6.06. The summed E-state index contributed by atoms with van der Waals surface area (Å²) >= 11 is 0. The van der Waals surface area contributed by atoms with E-state index in [9.17, 15) is 9.90 Å². The van der Waals surface area contributed by atoms with Gasteiger partial charge < -0.3 is 20.9 Å². The fourth-order valence-corrected chi connectivity index (χ4v) is 2.27. The molecule has 0 saturated heterocycles. The van der Waals surface area contributed by atoms with E-state index >= 15 is 0 Å². The smallest absolute Gasteiger partial charge is 0.244 e. The summed E-state index contributed by atoms with van der Waals surface area (Å²) in [6.07, 6.45) is -0.818. The predicted octanol–water partition coefficient (Wildman–Crippen LogP) is 1.73. The van der Waals surface area contributed by atoms with Crippen LogP contribution in [-0.4, -0.2) is 30.3 Å². The number of carbonyl (C=O) groups is 1. The van der Waals surface area contributed by atoms with Crippen molar-refractivity contribution in [3.63, 3.8) is 0 Å². The van der Waals surface area contributed by atoms with Crippen LogP contribution in [0.3, 0.4) is 0 Å². The summed E-state index contributed by atoms with van der Waals surface area (Å²) in [6, 6.07) is 16.7. The van der Waals surface area contributed by atoms with Crippen LogP contribution in [0.2, 0.25) is 0 Å². The number of benzene rings is 2. The van der Waals surface area contributed by atoms with Crippen LogP contribution in [0.5, 0.6) is 5.75 Å². The Hall–Kier alpha value is -2.37. The van der Waals surface area contributed by atoms with Crippen molar-refractivity contribution in [1.82, 2.24) is 5.32 Å². The summed E-state index contributed by atoms with van der Waals surface area (Å²) in [5.74, 6) is 0.344. The molecule has 0 spiro atoms. The summed E-state index contributed by atoms with van der Waals surface area (Å²) in [5, 5.41) is 12.7. The first kappa shape index (κ1) is 18.0. The highest BCUT2D eigenvalue weighted by atomic mass is 16.5. The third-order valence-electron chi connectivity index (χ3n) is 3.78. The molecule has 0 aromatic heterocycles. The van der Waals surface area contributed by atoms with E-state index in [0.29, 0.717) is 11.3 Å². The number of hydrogen-bond donors (Lipinski definition) is 3. The summed E-state index contributed by atoms with van der Waals surface area (Å²) in [5.41, 5.74) is 6.77. The minimum absolute atomic E-state index is 0.0737. The highest BCUT2D eigenvalue weighted by Gasteiger charge is 2.30. The SMILES string of the molecule is Cc1cccc(OCC(O)CNC(=O)C(C)(N)c2ccccc2)c1. The molecule has 1 amide bonds. The summed E-state index contributed by atoms with van der Waals surface area (Å²) in [6.45, 7) is 3.78. The Morgan fingerprint density at radius 3 is 2.62 bits per heavy atom. The second kappa shape index (κ2) is 7.95. The molecule has 128 valence electrons. The molecule has 2 atom stereocenters. The van der Waals surface area contributed by atoms with E-state index < -0.39 is 11.6 Å². The Morgan fingerprint density at radius 1 is 1.25 bits per heavy atom. The molecule has 0 fully saturated rings. The van der Waals surface area contributed by atoms with Gasteiger partial charge in [0.2, 0.25) is 5.91 Å². The zero-order valence-electron chi connectivity index (χ0n) is 14.0. The highest BCUT2D eigenvalue weighted by molar-refractivity contribution is 5.86. The molecule has 4 N–H and O–H groups in total. The normalized spacial score (nSPS) is 14.5. The summed E-state index contributed by atoms with van der Waals surface area (Å²) < 4.78 is 5.52. The van der Waals surface area contributed by atoms with Crippen LogP contribution in [0.15, 0.2) is 54.6 Å². The van der Waals surface area contributed by atoms with Gasteiger partial charge >= 0.3 is 0 Å². The topological polar surface area (TPSA) is 84.6 Å². The average Bonchev–Trinajstić information content (AvgIpc) is 2.58. The maximum Gasteiger partial charge on any atom is 0.244 e. The van der Waals surface area contributed by atoms with Crippen molar-refractivity contribution in [2.75, 3.05) is 13.2 Å². The van der Waals surface area contributed by atoms with Crippen molar-refractivity contribution in [3.8, 4) is 5.75 Å². The van der Waals surface area contributed by atoms with Crippen molar-refractivity contribution in [2.24, 2.45) is 5.73 Å². The fourth-order valence-electron chi connectivity index (χ4n) is 2.27. The van der Waals surface area contributed by atoms with Crippen LogP contribution >= 0.6 is 0 Å². The van der Waals surface area contributed by atoms with Crippen LogP contribution in [0.25, 0.3) is 0 Å². The lowest BCUT2D eigenvalue weighted by Crippen LogP contribution is -2.51. The number of hydrogen-bond acceptors (Lipinski definition) is 4. The number of carbonyl (C=O) groups excluding carboxylic acids is 1. The lowest BCUT2D eigenvalue weighted by molar-refractivity contribution is -0.126. The molecule has 2 aromatic rings. The van der Waals surface area contributed by atoms with Gasteiger partial charge in [-0.25, -0.2) is 0 Å².